The molecule has 1 fully saturated rings. The quantitative estimate of drug-likeness (QED) is 0.660. The number of hydrogen-bond donors (Lipinski definition) is 1. The first-order chi connectivity index (χ1) is 14.1. The first kappa shape index (κ1) is 19.2. The van der Waals surface area contributed by atoms with Crippen LogP contribution in [0.1, 0.15) is 10.4 Å². The highest BCUT2D eigenvalue weighted by Gasteiger charge is 2.30. The number of carbonyl (C=O) groups excluding carboxylic acids is 1. The topological polar surface area (TPSA) is 119 Å². The second-order valence-corrected chi connectivity index (χ2v) is 8.12. The van der Waals surface area contributed by atoms with Gasteiger partial charge in [-0.1, -0.05) is 12.1 Å². The van der Waals surface area contributed by atoms with Crippen LogP contribution in [0.4, 0.5) is 5.69 Å². The Morgan fingerprint density at radius 2 is 1.90 bits per heavy atom. The molecular weight excluding hydrogens is 396 g/mol. The third kappa shape index (κ3) is 4.01. The van der Waals surface area contributed by atoms with E-state index in [9.17, 15) is 13.2 Å². The Morgan fingerprint density at radius 1 is 1.10 bits per heavy atom. The molecule has 4 rings (SSSR count). The Labute approximate surface area is 167 Å². The summed E-state index contributed by atoms with van der Waals surface area (Å²) in [7, 11) is -3.81. The molecule has 0 radical (unpaired) electrons. The van der Waals surface area contributed by atoms with Crippen LogP contribution in [-0.4, -0.2) is 64.7 Å². The van der Waals surface area contributed by atoms with Crippen molar-refractivity contribution >= 4 is 21.6 Å². The summed E-state index contributed by atoms with van der Waals surface area (Å²) in [6.45, 7) is 1.17. The number of sulfonamides is 1. The third-order valence-electron chi connectivity index (χ3n) is 4.38. The van der Waals surface area contributed by atoms with Gasteiger partial charge in [-0.15, -0.1) is 0 Å². The predicted molar refractivity (Wildman–Crippen MR) is 103 cm³/mol. The minimum atomic E-state index is -3.81. The number of rotatable bonds is 5. The number of nitrogens with one attached hydrogen (secondary N) is 1. The summed E-state index contributed by atoms with van der Waals surface area (Å²) in [4.78, 5) is 20.8. The third-order valence-corrected chi connectivity index (χ3v) is 6.34. The summed E-state index contributed by atoms with van der Waals surface area (Å²) in [6, 6.07) is 9.46. The number of pyridine rings is 1. The van der Waals surface area contributed by atoms with Crippen LogP contribution in [-0.2, 0) is 14.8 Å². The molecule has 1 aliphatic heterocycles. The second-order valence-electron chi connectivity index (χ2n) is 6.21. The van der Waals surface area contributed by atoms with E-state index in [0.29, 0.717) is 24.7 Å². The molecule has 29 heavy (non-hydrogen) atoms. The van der Waals surface area contributed by atoms with E-state index in [1.165, 1.54) is 40.0 Å². The molecule has 0 atom stereocenters. The van der Waals surface area contributed by atoms with Gasteiger partial charge in [0.25, 0.3) is 5.91 Å². The van der Waals surface area contributed by atoms with E-state index in [-0.39, 0.29) is 23.5 Å². The molecule has 0 spiro atoms. The zero-order valence-corrected chi connectivity index (χ0v) is 16.1. The van der Waals surface area contributed by atoms with Gasteiger partial charge in [-0.25, -0.2) is 23.1 Å². The highest BCUT2D eigenvalue weighted by Crippen LogP contribution is 2.22. The molecule has 1 aromatic carbocycles. The number of aromatic nitrogens is 4. The van der Waals surface area contributed by atoms with Gasteiger partial charge >= 0.3 is 0 Å². The summed E-state index contributed by atoms with van der Waals surface area (Å²) >= 11 is 0. The van der Waals surface area contributed by atoms with E-state index < -0.39 is 15.9 Å². The van der Waals surface area contributed by atoms with Gasteiger partial charge in [-0.3, -0.25) is 4.79 Å². The average molecular weight is 414 g/mol. The van der Waals surface area contributed by atoms with Gasteiger partial charge in [-0.2, -0.15) is 9.40 Å². The summed E-state index contributed by atoms with van der Waals surface area (Å²) in [5.41, 5.74) is 0.497. The fraction of sp³-hybridized carbons (Fsp3) is 0.222. The molecule has 3 heterocycles. The van der Waals surface area contributed by atoms with Crippen LogP contribution in [0.2, 0.25) is 0 Å². The van der Waals surface area contributed by atoms with Crippen LogP contribution in [0.5, 0.6) is 0 Å². The minimum Gasteiger partial charge on any atom is -0.379 e. The highest BCUT2D eigenvalue weighted by molar-refractivity contribution is 7.89. The van der Waals surface area contributed by atoms with Crippen molar-refractivity contribution in [2.75, 3.05) is 31.6 Å². The lowest BCUT2D eigenvalue weighted by molar-refractivity contribution is 0.0730. The fourth-order valence-corrected chi connectivity index (χ4v) is 4.52. The lowest BCUT2D eigenvalue weighted by Gasteiger charge is -2.26. The number of hydrogen-bond acceptors (Lipinski definition) is 7. The SMILES string of the molecule is O=C(Nc1ccc(-n2cncn2)nc1)c1ccccc1S(=O)(=O)N1CCOCC1. The molecule has 3 aromatic rings. The van der Waals surface area contributed by atoms with Gasteiger partial charge in [0.2, 0.25) is 10.0 Å². The molecule has 1 aliphatic rings. The fourth-order valence-electron chi connectivity index (χ4n) is 2.93. The summed E-state index contributed by atoms with van der Waals surface area (Å²) in [5.74, 6) is 0.00327. The number of benzene rings is 1. The lowest BCUT2D eigenvalue weighted by Crippen LogP contribution is -2.41. The largest absolute Gasteiger partial charge is 0.379 e. The van der Waals surface area contributed by atoms with Crippen molar-refractivity contribution in [1.82, 2.24) is 24.1 Å². The van der Waals surface area contributed by atoms with Crippen LogP contribution in [0.15, 0.2) is 60.1 Å². The van der Waals surface area contributed by atoms with E-state index >= 15 is 0 Å². The van der Waals surface area contributed by atoms with Crippen LogP contribution in [0.3, 0.4) is 0 Å². The Balaban J connectivity index is 1.56. The van der Waals surface area contributed by atoms with Gasteiger partial charge in [-0.05, 0) is 24.3 Å². The second kappa shape index (κ2) is 8.07. The van der Waals surface area contributed by atoms with Crippen LogP contribution >= 0.6 is 0 Å². The number of amides is 1. The molecule has 1 N–H and O–H groups in total. The first-order valence-electron chi connectivity index (χ1n) is 8.85. The van der Waals surface area contributed by atoms with Gasteiger partial charge in [0.15, 0.2) is 5.82 Å². The zero-order chi connectivity index (χ0) is 20.3. The predicted octanol–water partition coefficient (Wildman–Crippen LogP) is 0.935. The minimum absolute atomic E-state index is 0.0356. The van der Waals surface area contributed by atoms with Crippen molar-refractivity contribution in [3.05, 3.63) is 60.8 Å². The van der Waals surface area contributed by atoms with Gasteiger partial charge in [0, 0.05) is 13.1 Å². The maximum Gasteiger partial charge on any atom is 0.257 e. The molecular formula is C18H18N6O4S. The van der Waals surface area contributed by atoms with Crippen LogP contribution in [0, 0.1) is 0 Å². The number of carbonyl (C=O) groups is 1. The monoisotopic (exact) mass is 414 g/mol. The Hall–Kier alpha value is -3.15. The molecule has 150 valence electrons. The standard InChI is InChI=1S/C18H18N6O4S/c25-18(22-14-5-6-17(20-11-14)24-13-19-12-21-24)15-3-1-2-4-16(15)29(26,27)23-7-9-28-10-8-23/h1-6,11-13H,7-10H2,(H,22,25). The van der Waals surface area contributed by atoms with Crippen molar-refractivity contribution in [3.8, 4) is 5.82 Å². The smallest absolute Gasteiger partial charge is 0.257 e. The van der Waals surface area contributed by atoms with E-state index in [1.807, 2.05) is 0 Å². The normalized spacial score (nSPS) is 15.2. The zero-order valence-electron chi connectivity index (χ0n) is 15.3. The maximum absolute atomic E-state index is 13.0. The molecule has 0 saturated carbocycles. The summed E-state index contributed by atoms with van der Waals surface area (Å²) < 4.78 is 34.0. The Kier molecular flexibility index (Phi) is 5.34. The molecule has 11 heteroatoms. The van der Waals surface area contributed by atoms with E-state index in [4.69, 9.17) is 4.74 Å². The summed E-state index contributed by atoms with van der Waals surface area (Å²) in [6.07, 6.45) is 4.37. The molecule has 0 bridgehead atoms. The van der Waals surface area contributed by atoms with E-state index in [2.05, 4.69) is 20.4 Å². The van der Waals surface area contributed by atoms with Crippen LogP contribution in [0.25, 0.3) is 5.82 Å². The summed E-state index contributed by atoms with van der Waals surface area (Å²) in [5, 5.41) is 6.67. The van der Waals surface area contributed by atoms with Gasteiger partial charge in [0.05, 0.1) is 35.6 Å². The Morgan fingerprint density at radius 3 is 2.59 bits per heavy atom. The lowest BCUT2D eigenvalue weighted by atomic mass is 10.2. The van der Waals surface area contributed by atoms with Crippen molar-refractivity contribution in [2.45, 2.75) is 4.90 Å². The molecule has 1 amide bonds. The molecule has 0 unspecified atom stereocenters. The molecule has 2 aromatic heterocycles. The average Bonchev–Trinajstić information content (AvgIpc) is 3.30. The number of nitrogens with zero attached hydrogens (tertiary/aromatic N) is 5. The van der Waals surface area contributed by atoms with Gasteiger partial charge in [0.1, 0.15) is 12.7 Å². The van der Waals surface area contributed by atoms with Crippen molar-refractivity contribution in [2.24, 2.45) is 0 Å². The Bertz CT molecular complexity index is 1090. The van der Waals surface area contributed by atoms with Crippen molar-refractivity contribution in [1.29, 1.82) is 0 Å². The molecule has 1 saturated heterocycles. The number of morpholine rings is 1. The van der Waals surface area contributed by atoms with Gasteiger partial charge < -0.3 is 10.1 Å². The van der Waals surface area contributed by atoms with E-state index in [0.717, 1.165) is 0 Å². The van der Waals surface area contributed by atoms with Crippen LogP contribution < -0.4 is 5.32 Å². The maximum atomic E-state index is 13.0. The number of ether oxygens (including phenoxy) is 1. The van der Waals surface area contributed by atoms with Crippen molar-refractivity contribution in [3.63, 3.8) is 0 Å². The molecule has 10 nitrogen and oxygen atoms in total. The molecule has 0 aliphatic carbocycles. The van der Waals surface area contributed by atoms with E-state index in [1.54, 1.807) is 24.3 Å². The number of anilines is 1. The first-order valence-corrected chi connectivity index (χ1v) is 10.3. The van der Waals surface area contributed by atoms with Crippen molar-refractivity contribution < 1.29 is 17.9 Å². The highest BCUT2D eigenvalue weighted by atomic mass is 32.2.